The van der Waals surface area contributed by atoms with Crippen molar-refractivity contribution in [2.45, 2.75) is 46.1 Å². The van der Waals surface area contributed by atoms with Crippen molar-refractivity contribution in [3.05, 3.63) is 40.3 Å². The van der Waals surface area contributed by atoms with Gasteiger partial charge in [-0.25, -0.2) is 4.98 Å². The van der Waals surface area contributed by atoms with E-state index in [1.807, 2.05) is 24.3 Å². The first-order chi connectivity index (χ1) is 10.0. The largest absolute Gasteiger partial charge is 0.491 e. The van der Waals surface area contributed by atoms with Crippen LogP contribution in [0.15, 0.2) is 29.6 Å². The molecule has 1 aromatic heterocycles. The van der Waals surface area contributed by atoms with Gasteiger partial charge in [-0.3, -0.25) is 0 Å². The van der Waals surface area contributed by atoms with Crippen molar-refractivity contribution >= 4 is 17.0 Å². The fourth-order valence-corrected chi connectivity index (χ4v) is 2.78. The van der Waals surface area contributed by atoms with Crippen LogP contribution in [-0.4, -0.2) is 11.6 Å². The summed E-state index contributed by atoms with van der Waals surface area (Å²) < 4.78 is 5.75. The average molecular weight is 304 g/mol. The van der Waals surface area contributed by atoms with Crippen LogP contribution in [0.5, 0.6) is 5.75 Å². The molecule has 1 aromatic carbocycles. The molecule has 0 saturated heterocycles. The van der Waals surface area contributed by atoms with Crippen LogP contribution in [0.1, 0.15) is 44.8 Å². The van der Waals surface area contributed by atoms with Gasteiger partial charge in [0.1, 0.15) is 5.75 Å². The fraction of sp³-hybridized carbons (Fsp3) is 0.471. The van der Waals surface area contributed by atoms with Gasteiger partial charge in [0.2, 0.25) is 0 Å². The highest BCUT2D eigenvalue weighted by molar-refractivity contribution is 7.09. The highest BCUT2D eigenvalue weighted by atomic mass is 32.1. The molecule has 0 fully saturated rings. The Labute approximate surface area is 131 Å². The van der Waals surface area contributed by atoms with Crippen LogP contribution in [0.2, 0.25) is 0 Å². The first-order valence-electron chi connectivity index (χ1n) is 7.41. The van der Waals surface area contributed by atoms with Crippen molar-refractivity contribution in [2.24, 2.45) is 0 Å². The van der Waals surface area contributed by atoms with Gasteiger partial charge in [0.05, 0.1) is 29.5 Å². The van der Waals surface area contributed by atoms with Crippen molar-refractivity contribution in [3.8, 4) is 5.75 Å². The molecule has 0 atom stereocenters. The number of aromatic nitrogens is 1. The molecule has 0 bridgehead atoms. The number of anilines is 1. The summed E-state index contributed by atoms with van der Waals surface area (Å²) in [6.07, 6.45) is 1.01. The number of nitrogens with zero attached hydrogens (tertiary/aromatic N) is 1. The zero-order valence-corrected chi connectivity index (χ0v) is 14.1. The number of rotatable bonds is 6. The van der Waals surface area contributed by atoms with E-state index in [1.54, 1.807) is 11.3 Å². The van der Waals surface area contributed by atoms with Gasteiger partial charge in [0, 0.05) is 10.8 Å². The van der Waals surface area contributed by atoms with E-state index in [9.17, 15) is 0 Å². The van der Waals surface area contributed by atoms with Crippen LogP contribution in [-0.2, 0) is 12.0 Å². The van der Waals surface area contributed by atoms with Crippen molar-refractivity contribution < 1.29 is 4.74 Å². The van der Waals surface area contributed by atoms with Crippen molar-refractivity contribution in [1.82, 2.24) is 4.98 Å². The third kappa shape index (κ3) is 4.46. The molecule has 0 amide bonds. The van der Waals surface area contributed by atoms with Crippen LogP contribution >= 0.6 is 11.3 Å². The maximum atomic E-state index is 5.75. The Kier molecular flexibility index (Phi) is 5.23. The van der Waals surface area contributed by atoms with Gasteiger partial charge in [0.25, 0.3) is 0 Å². The number of hydrogen-bond donors (Lipinski definition) is 1. The summed E-state index contributed by atoms with van der Waals surface area (Å²) in [4.78, 5) is 4.70. The van der Waals surface area contributed by atoms with Crippen LogP contribution in [0.25, 0.3) is 0 Å². The highest BCUT2D eigenvalue weighted by Crippen LogP contribution is 2.27. The molecule has 0 aliphatic rings. The van der Waals surface area contributed by atoms with Gasteiger partial charge in [0.15, 0.2) is 0 Å². The molecule has 0 aliphatic carbocycles. The molecule has 1 heterocycles. The van der Waals surface area contributed by atoms with Gasteiger partial charge in [-0.1, -0.05) is 39.8 Å². The molecular weight excluding hydrogens is 280 g/mol. The van der Waals surface area contributed by atoms with E-state index in [2.05, 4.69) is 38.4 Å². The van der Waals surface area contributed by atoms with Gasteiger partial charge in [-0.15, -0.1) is 11.3 Å². The first-order valence-corrected chi connectivity index (χ1v) is 8.29. The van der Waals surface area contributed by atoms with E-state index in [4.69, 9.17) is 9.72 Å². The lowest BCUT2D eigenvalue weighted by molar-refractivity contribution is 0.319. The summed E-state index contributed by atoms with van der Waals surface area (Å²) in [6.45, 7) is 10.1. The predicted molar refractivity (Wildman–Crippen MR) is 90.4 cm³/mol. The lowest BCUT2D eigenvalue weighted by atomic mass is 9.98. The maximum absolute atomic E-state index is 5.75. The van der Waals surface area contributed by atoms with E-state index in [0.29, 0.717) is 0 Å². The average Bonchev–Trinajstić information content (AvgIpc) is 2.92. The topological polar surface area (TPSA) is 34.1 Å². The predicted octanol–water partition coefficient (Wildman–Crippen LogP) is 4.84. The van der Waals surface area contributed by atoms with Crippen LogP contribution in [0.3, 0.4) is 0 Å². The highest BCUT2D eigenvalue weighted by Gasteiger charge is 2.17. The van der Waals surface area contributed by atoms with Gasteiger partial charge < -0.3 is 10.1 Å². The number of para-hydroxylation sites is 2. The zero-order valence-electron chi connectivity index (χ0n) is 13.3. The Morgan fingerprint density at radius 2 is 2.00 bits per heavy atom. The van der Waals surface area contributed by atoms with Gasteiger partial charge in [-0.05, 0) is 18.6 Å². The number of hydrogen-bond acceptors (Lipinski definition) is 4. The number of ether oxygens (including phenoxy) is 1. The van der Waals surface area contributed by atoms with Gasteiger partial charge in [-0.2, -0.15) is 0 Å². The Hall–Kier alpha value is -1.55. The molecule has 2 aromatic rings. The summed E-state index contributed by atoms with van der Waals surface area (Å²) in [6, 6.07) is 8.06. The Morgan fingerprint density at radius 3 is 2.67 bits per heavy atom. The van der Waals surface area contributed by atoms with Crippen molar-refractivity contribution in [2.75, 3.05) is 11.9 Å². The van der Waals surface area contributed by atoms with Crippen molar-refractivity contribution in [1.29, 1.82) is 0 Å². The number of thiazole rings is 1. The quantitative estimate of drug-likeness (QED) is 0.829. The molecule has 114 valence electrons. The van der Waals surface area contributed by atoms with E-state index in [-0.39, 0.29) is 5.41 Å². The maximum Gasteiger partial charge on any atom is 0.142 e. The second-order valence-electron chi connectivity index (χ2n) is 6.09. The fourth-order valence-electron chi connectivity index (χ4n) is 1.87. The van der Waals surface area contributed by atoms with Crippen LogP contribution in [0.4, 0.5) is 5.69 Å². The second kappa shape index (κ2) is 6.94. The summed E-state index contributed by atoms with van der Waals surface area (Å²) in [5.74, 6) is 0.908. The van der Waals surface area contributed by atoms with Gasteiger partial charge >= 0.3 is 0 Å². The molecule has 0 saturated carbocycles. The molecular formula is C17H24N2OS. The second-order valence-corrected chi connectivity index (χ2v) is 6.95. The van der Waals surface area contributed by atoms with E-state index in [0.717, 1.165) is 36.7 Å². The summed E-state index contributed by atoms with van der Waals surface area (Å²) in [7, 11) is 0. The van der Waals surface area contributed by atoms with Crippen molar-refractivity contribution in [3.63, 3.8) is 0 Å². The first kappa shape index (κ1) is 15.8. The Morgan fingerprint density at radius 1 is 1.24 bits per heavy atom. The molecule has 0 spiro atoms. The SMILES string of the molecule is CCCOc1ccccc1NCc1csc(C(C)(C)C)n1. The lowest BCUT2D eigenvalue weighted by Crippen LogP contribution is -2.11. The van der Waals surface area contributed by atoms with E-state index >= 15 is 0 Å². The normalized spacial score (nSPS) is 11.4. The number of nitrogens with one attached hydrogen (secondary N) is 1. The van der Waals surface area contributed by atoms with Crippen LogP contribution < -0.4 is 10.1 Å². The Balaban J connectivity index is 2.01. The summed E-state index contributed by atoms with van der Waals surface area (Å²) in [5.41, 5.74) is 2.22. The van der Waals surface area contributed by atoms with E-state index in [1.165, 1.54) is 5.01 Å². The Bertz CT molecular complexity index is 572. The smallest absolute Gasteiger partial charge is 0.142 e. The van der Waals surface area contributed by atoms with Crippen LogP contribution in [0, 0.1) is 0 Å². The molecule has 2 rings (SSSR count). The minimum atomic E-state index is 0.116. The third-order valence-electron chi connectivity index (χ3n) is 3.00. The lowest BCUT2D eigenvalue weighted by Gasteiger charge is -2.14. The monoisotopic (exact) mass is 304 g/mol. The minimum absolute atomic E-state index is 0.116. The molecule has 4 heteroatoms. The van der Waals surface area contributed by atoms with E-state index < -0.39 is 0 Å². The summed E-state index contributed by atoms with van der Waals surface area (Å²) >= 11 is 1.73. The number of benzene rings is 1. The molecule has 3 nitrogen and oxygen atoms in total. The molecule has 0 unspecified atom stereocenters. The molecule has 0 radical (unpaired) electrons. The third-order valence-corrected chi connectivity index (χ3v) is 4.32. The summed E-state index contributed by atoms with van der Waals surface area (Å²) in [5, 5.41) is 6.73. The molecule has 21 heavy (non-hydrogen) atoms. The standard InChI is InChI=1S/C17H24N2OS/c1-5-10-20-15-9-7-6-8-14(15)18-11-13-12-21-16(19-13)17(2,3)4/h6-9,12,18H,5,10-11H2,1-4H3. The minimum Gasteiger partial charge on any atom is -0.491 e. The molecule has 0 aliphatic heterocycles. The molecule has 1 N–H and O–H groups in total. The zero-order chi connectivity index (χ0) is 15.3.